The third kappa shape index (κ3) is 2.27. The molecule has 0 aliphatic carbocycles. The minimum atomic E-state index is 0.733. The summed E-state index contributed by atoms with van der Waals surface area (Å²) in [4.78, 5) is 5.22. The highest BCUT2D eigenvalue weighted by Gasteiger charge is 2.32. The van der Waals surface area contributed by atoms with Crippen molar-refractivity contribution in [3.63, 3.8) is 0 Å². The van der Waals surface area contributed by atoms with E-state index < -0.39 is 0 Å². The highest BCUT2D eigenvalue weighted by molar-refractivity contribution is 4.90. The Hall–Kier alpha value is -0.120. The number of rotatable bonds is 2. The van der Waals surface area contributed by atoms with Gasteiger partial charge in [-0.1, -0.05) is 0 Å². The van der Waals surface area contributed by atoms with E-state index in [1.165, 1.54) is 45.7 Å². The molecule has 0 atom stereocenters. The number of hydrogen-bond acceptors (Lipinski definition) is 3. The lowest BCUT2D eigenvalue weighted by Crippen LogP contribution is -2.61. The zero-order chi connectivity index (χ0) is 9.97. The molecular weight excluding hydrogens is 174 g/mol. The summed E-state index contributed by atoms with van der Waals surface area (Å²) in [5.41, 5.74) is 0. The molecule has 0 radical (unpaired) electrons. The molecule has 0 aromatic heterocycles. The van der Waals surface area contributed by atoms with Crippen LogP contribution in [0.3, 0.4) is 0 Å². The van der Waals surface area contributed by atoms with E-state index >= 15 is 0 Å². The second kappa shape index (κ2) is 4.60. The summed E-state index contributed by atoms with van der Waals surface area (Å²) in [5.74, 6) is 0. The Morgan fingerprint density at radius 3 is 2.64 bits per heavy atom. The third-order valence-electron chi connectivity index (χ3n) is 3.51. The molecule has 0 unspecified atom stereocenters. The normalized spacial score (nSPS) is 27.6. The van der Waals surface area contributed by atoms with Crippen LogP contribution >= 0.6 is 0 Å². The largest absolute Gasteiger partial charge is 0.315 e. The number of nitrogens with one attached hydrogen (secondary N) is 1. The van der Waals surface area contributed by atoms with Crippen LogP contribution < -0.4 is 5.32 Å². The Kier molecular flexibility index (Phi) is 3.42. The van der Waals surface area contributed by atoms with Crippen LogP contribution in [0, 0.1) is 0 Å². The first kappa shape index (κ1) is 10.4. The second-order valence-electron chi connectivity index (χ2n) is 4.84. The fourth-order valence-corrected chi connectivity index (χ4v) is 2.37. The third-order valence-corrected chi connectivity index (χ3v) is 3.51. The Bertz CT molecular complexity index is 167. The van der Waals surface area contributed by atoms with Gasteiger partial charge in [-0.25, -0.2) is 0 Å². The molecule has 1 N–H and O–H groups in total. The van der Waals surface area contributed by atoms with Crippen LogP contribution in [0.4, 0.5) is 0 Å². The molecule has 3 nitrogen and oxygen atoms in total. The van der Waals surface area contributed by atoms with Crippen molar-refractivity contribution in [3.05, 3.63) is 0 Å². The van der Waals surface area contributed by atoms with Gasteiger partial charge in [0.05, 0.1) is 0 Å². The maximum Gasteiger partial charge on any atom is 0.0351 e. The maximum absolute atomic E-state index is 3.46. The predicted molar refractivity (Wildman–Crippen MR) is 59.6 cm³/mol. The summed E-state index contributed by atoms with van der Waals surface area (Å²) < 4.78 is 0. The predicted octanol–water partition coefficient (Wildman–Crippen LogP) is 0.374. The lowest BCUT2D eigenvalue weighted by Gasteiger charge is -2.47. The van der Waals surface area contributed by atoms with Crippen LogP contribution in [0.2, 0.25) is 0 Å². The van der Waals surface area contributed by atoms with Gasteiger partial charge in [0.15, 0.2) is 0 Å². The first-order chi connectivity index (χ1) is 6.77. The minimum Gasteiger partial charge on any atom is -0.315 e. The average Bonchev–Trinajstić information content (AvgIpc) is 2.29. The van der Waals surface area contributed by atoms with E-state index in [1.807, 2.05) is 0 Å². The van der Waals surface area contributed by atoms with Crippen molar-refractivity contribution in [2.45, 2.75) is 32.4 Å². The first-order valence-corrected chi connectivity index (χ1v) is 5.96. The molecule has 0 saturated carbocycles. The van der Waals surface area contributed by atoms with Gasteiger partial charge in [-0.3, -0.25) is 9.80 Å². The number of likely N-dealkylation sites (tertiary alicyclic amines) is 1. The Morgan fingerprint density at radius 1 is 1.14 bits per heavy atom. The zero-order valence-electron chi connectivity index (χ0n) is 9.50. The number of nitrogens with zero attached hydrogens (tertiary/aromatic N) is 2. The molecule has 0 bridgehead atoms. The van der Waals surface area contributed by atoms with Crippen LogP contribution in [0.25, 0.3) is 0 Å². The van der Waals surface area contributed by atoms with Gasteiger partial charge in [0, 0.05) is 38.3 Å². The SMILES string of the molecule is CC(C)N1CC(N2CCCNCC2)C1. The average molecular weight is 197 g/mol. The Labute approximate surface area is 87.4 Å². The molecule has 2 rings (SSSR count). The van der Waals surface area contributed by atoms with E-state index in [0.29, 0.717) is 0 Å². The van der Waals surface area contributed by atoms with Crippen LogP contribution in [0.5, 0.6) is 0 Å². The summed E-state index contributed by atoms with van der Waals surface area (Å²) in [6, 6.07) is 1.58. The van der Waals surface area contributed by atoms with E-state index in [-0.39, 0.29) is 0 Å². The zero-order valence-corrected chi connectivity index (χ0v) is 9.50. The fraction of sp³-hybridized carbons (Fsp3) is 1.00. The van der Waals surface area contributed by atoms with Crippen LogP contribution in [-0.4, -0.2) is 61.2 Å². The van der Waals surface area contributed by atoms with Gasteiger partial charge >= 0.3 is 0 Å². The molecule has 2 fully saturated rings. The molecule has 2 saturated heterocycles. The molecule has 82 valence electrons. The molecule has 14 heavy (non-hydrogen) atoms. The van der Waals surface area contributed by atoms with Gasteiger partial charge in [-0.05, 0) is 33.4 Å². The van der Waals surface area contributed by atoms with E-state index in [1.54, 1.807) is 0 Å². The molecule has 0 aromatic carbocycles. The smallest absolute Gasteiger partial charge is 0.0351 e. The summed E-state index contributed by atoms with van der Waals surface area (Å²) in [6.07, 6.45) is 1.32. The van der Waals surface area contributed by atoms with Gasteiger partial charge in [0.2, 0.25) is 0 Å². The Morgan fingerprint density at radius 2 is 1.93 bits per heavy atom. The standard InChI is InChI=1S/C11H23N3/c1-10(2)14-8-11(9-14)13-6-3-4-12-5-7-13/h10-12H,3-9H2,1-2H3. The molecule has 0 amide bonds. The first-order valence-electron chi connectivity index (χ1n) is 5.96. The van der Waals surface area contributed by atoms with Crippen molar-refractivity contribution < 1.29 is 0 Å². The highest BCUT2D eigenvalue weighted by atomic mass is 15.3. The van der Waals surface area contributed by atoms with E-state index in [2.05, 4.69) is 29.0 Å². The molecule has 2 aliphatic rings. The van der Waals surface area contributed by atoms with Crippen LogP contribution in [-0.2, 0) is 0 Å². The molecular formula is C11H23N3. The molecule has 2 heterocycles. The summed E-state index contributed by atoms with van der Waals surface area (Å²) in [6.45, 7) is 12.1. The van der Waals surface area contributed by atoms with Gasteiger partial charge in [-0.15, -0.1) is 0 Å². The highest BCUT2D eigenvalue weighted by Crippen LogP contribution is 2.17. The van der Waals surface area contributed by atoms with E-state index in [9.17, 15) is 0 Å². The van der Waals surface area contributed by atoms with Crippen LogP contribution in [0.15, 0.2) is 0 Å². The lowest BCUT2D eigenvalue weighted by atomic mass is 10.0. The van der Waals surface area contributed by atoms with Gasteiger partial charge in [0.25, 0.3) is 0 Å². The van der Waals surface area contributed by atoms with Crippen molar-refractivity contribution in [3.8, 4) is 0 Å². The minimum absolute atomic E-state index is 0.733. The molecule has 0 spiro atoms. The second-order valence-corrected chi connectivity index (χ2v) is 4.84. The van der Waals surface area contributed by atoms with Crippen molar-refractivity contribution in [2.75, 3.05) is 39.3 Å². The molecule has 2 aliphatic heterocycles. The number of hydrogen-bond donors (Lipinski definition) is 1. The quantitative estimate of drug-likeness (QED) is 0.690. The van der Waals surface area contributed by atoms with E-state index in [4.69, 9.17) is 0 Å². The lowest BCUT2D eigenvalue weighted by molar-refractivity contribution is 0.0171. The van der Waals surface area contributed by atoms with Gasteiger partial charge < -0.3 is 5.32 Å². The van der Waals surface area contributed by atoms with Crippen molar-refractivity contribution in [1.29, 1.82) is 0 Å². The van der Waals surface area contributed by atoms with Crippen LogP contribution in [0.1, 0.15) is 20.3 Å². The summed E-state index contributed by atoms with van der Waals surface area (Å²) >= 11 is 0. The maximum atomic E-state index is 3.46. The van der Waals surface area contributed by atoms with Crippen molar-refractivity contribution in [2.24, 2.45) is 0 Å². The summed E-state index contributed by atoms with van der Waals surface area (Å²) in [5, 5.41) is 3.46. The van der Waals surface area contributed by atoms with Gasteiger partial charge in [0.1, 0.15) is 0 Å². The van der Waals surface area contributed by atoms with Crippen molar-refractivity contribution >= 4 is 0 Å². The van der Waals surface area contributed by atoms with Crippen molar-refractivity contribution in [1.82, 2.24) is 15.1 Å². The van der Waals surface area contributed by atoms with E-state index in [0.717, 1.165) is 12.1 Å². The topological polar surface area (TPSA) is 18.5 Å². The Balaban J connectivity index is 1.74. The monoisotopic (exact) mass is 197 g/mol. The fourth-order valence-electron chi connectivity index (χ4n) is 2.37. The molecule has 0 aromatic rings. The van der Waals surface area contributed by atoms with Gasteiger partial charge in [-0.2, -0.15) is 0 Å². The molecule has 3 heteroatoms. The summed E-state index contributed by atoms with van der Waals surface area (Å²) in [7, 11) is 0.